The fourth-order valence-corrected chi connectivity index (χ4v) is 4.59. The van der Waals surface area contributed by atoms with Crippen LogP contribution in [0.25, 0.3) is 0 Å². The number of thioether (sulfide) groups is 2. The lowest BCUT2D eigenvalue weighted by molar-refractivity contribution is -0.155. The van der Waals surface area contributed by atoms with Crippen LogP contribution in [0.5, 0.6) is 0 Å². The Kier molecular flexibility index (Phi) is 15.7. The molecule has 0 saturated carbocycles. The van der Waals surface area contributed by atoms with Crippen molar-refractivity contribution in [2.24, 2.45) is 11.7 Å². The number of nitrogens with zero attached hydrogens (tertiary/aromatic N) is 2. The summed E-state index contributed by atoms with van der Waals surface area (Å²) >= 11 is 3.48. The van der Waals surface area contributed by atoms with Crippen molar-refractivity contribution >= 4 is 35.5 Å². The molecule has 2 unspecified atom stereocenters. The molecule has 2 fully saturated rings. The minimum absolute atomic E-state index is 0.0106. The van der Waals surface area contributed by atoms with Gasteiger partial charge >= 0.3 is 11.9 Å². The first-order valence-electron chi connectivity index (χ1n) is 11.8. The van der Waals surface area contributed by atoms with E-state index in [-0.39, 0.29) is 30.1 Å². The van der Waals surface area contributed by atoms with E-state index in [9.17, 15) is 9.59 Å². The van der Waals surface area contributed by atoms with Crippen LogP contribution in [-0.2, 0) is 19.1 Å². The van der Waals surface area contributed by atoms with Crippen molar-refractivity contribution in [3.63, 3.8) is 0 Å². The van der Waals surface area contributed by atoms with E-state index >= 15 is 0 Å². The Morgan fingerprint density at radius 3 is 1.69 bits per heavy atom. The second-order valence-corrected chi connectivity index (χ2v) is 10.9. The SMILES string of the molecule is CSCCC(C)C(=O)OC1CCN(C)CC1.CSCCC(N)C(=O)OC1CCN(C)CC1. The van der Waals surface area contributed by atoms with Gasteiger partial charge in [-0.05, 0) is 76.6 Å². The molecule has 0 aliphatic carbocycles. The van der Waals surface area contributed by atoms with E-state index in [0.717, 1.165) is 69.8 Å². The van der Waals surface area contributed by atoms with E-state index in [2.05, 4.69) is 30.2 Å². The monoisotopic (exact) mass is 491 g/mol. The molecule has 9 heteroatoms. The van der Waals surface area contributed by atoms with Gasteiger partial charge in [0.15, 0.2) is 0 Å². The highest BCUT2D eigenvalue weighted by molar-refractivity contribution is 7.98. The Morgan fingerprint density at radius 2 is 1.25 bits per heavy atom. The summed E-state index contributed by atoms with van der Waals surface area (Å²) in [5, 5.41) is 0. The zero-order valence-electron chi connectivity index (χ0n) is 20.7. The number of hydrogen-bond donors (Lipinski definition) is 1. The van der Waals surface area contributed by atoms with E-state index in [1.807, 2.05) is 13.2 Å². The lowest BCUT2D eigenvalue weighted by atomic mass is 10.1. The van der Waals surface area contributed by atoms with E-state index < -0.39 is 6.04 Å². The number of ether oxygens (including phenoxy) is 2. The van der Waals surface area contributed by atoms with Crippen LogP contribution in [0.1, 0.15) is 45.4 Å². The molecule has 2 aliphatic rings. The van der Waals surface area contributed by atoms with Gasteiger partial charge < -0.3 is 25.0 Å². The largest absolute Gasteiger partial charge is 0.462 e. The lowest BCUT2D eigenvalue weighted by Crippen LogP contribution is -2.40. The molecule has 0 amide bonds. The molecule has 0 spiro atoms. The van der Waals surface area contributed by atoms with Gasteiger partial charge in [-0.3, -0.25) is 9.59 Å². The minimum Gasteiger partial charge on any atom is -0.462 e. The Balaban J connectivity index is 0.000000320. The maximum atomic E-state index is 11.8. The topological polar surface area (TPSA) is 85.1 Å². The molecule has 2 atom stereocenters. The zero-order valence-corrected chi connectivity index (χ0v) is 22.3. The standard InChI is InChI=1S/C12H23NO2S.C11H22N2O2S/c1-10(6-9-16-3)12(14)15-11-4-7-13(2)8-5-11;1-13-6-3-9(4-7-13)15-11(14)10(12)5-8-16-2/h10-11H,4-9H2,1-3H3;9-10H,3-8,12H2,1-2H3. The first kappa shape index (κ1) is 29.6. The number of esters is 2. The second-order valence-electron chi connectivity index (χ2n) is 8.95. The van der Waals surface area contributed by atoms with Gasteiger partial charge in [0.05, 0.1) is 5.92 Å². The Morgan fingerprint density at radius 1 is 0.844 bits per heavy atom. The second kappa shape index (κ2) is 17.0. The average molecular weight is 492 g/mol. The minimum atomic E-state index is -0.452. The van der Waals surface area contributed by atoms with Crippen LogP contribution in [-0.4, -0.2) is 104 Å². The maximum absolute atomic E-state index is 11.8. The molecule has 2 rings (SSSR count). The summed E-state index contributed by atoms with van der Waals surface area (Å²) in [5.41, 5.74) is 5.75. The molecule has 32 heavy (non-hydrogen) atoms. The third kappa shape index (κ3) is 12.7. The number of nitrogens with two attached hydrogens (primary N) is 1. The number of carbonyl (C=O) groups excluding carboxylic acids is 2. The van der Waals surface area contributed by atoms with Crippen molar-refractivity contribution < 1.29 is 19.1 Å². The van der Waals surface area contributed by atoms with Crippen molar-refractivity contribution in [1.82, 2.24) is 9.80 Å². The summed E-state index contributed by atoms with van der Waals surface area (Å²) in [5.74, 6) is 1.74. The fraction of sp³-hybridized carbons (Fsp3) is 0.913. The number of likely N-dealkylation sites (tertiary alicyclic amines) is 2. The van der Waals surface area contributed by atoms with Crippen LogP contribution in [0.4, 0.5) is 0 Å². The molecule has 0 aromatic carbocycles. The molecule has 0 aromatic heterocycles. The molecule has 2 heterocycles. The number of carbonyl (C=O) groups is 2. The van der Waals surface area contributed by atoms with Crippen LogP contribution in [0, 0.1) is 5.92 Å². The predicted octanol–water partition coefficient (Wildman–Crippen LogP) is 2.72. The highest BCUT2D eigenvalue weighted by Crippen LogP contribution is 2.16. The Hall–Kier alpha value is -0.480. The van der Waals surface area contributed by atoms with E-state index in [1.165, 1.54) is 0 Å². The quantitative estimate of drug-likeness (QED) is 0.464. The van der Waals surface area contributed by atoms with Crippen LogP contribution >= 0.6 is 23.5 Å². The van der Waals surface area contributed by atoms with Gasteiger partial charge in [-0.2, -0.15) is 23.5 Å². The fourth-order valence-electron chi connectivity index (χ4n) is 3.51. The van der Waals surface area contributed by atoms with Gasteiger partial charge in [-0.1, -0.05) is 6.92 Å². The van der Waals surface area contributed by atoms with Gasteiger partial charge in [-0.25, -0.2) is 0 Å². The third-order valence-electron chi connectivity index (χ3n) is 5.99. The first-order valence-corrected chi connectivity index (χ1v) is 14.6. The average Bonchev–Trinajstić information content (AvgIpc) is 2.79. The summed E-state index contributed by atoms with van der Waals surface area (Å²) < 4.78 is 10.9. The van der Waals surface area contributed by atoms with Crippen LogP contribution in [0.15, 0.2) is 0 Å². The summed E-state index contributed by atoms with van der Waals surface area (Å²) in [7, 11) is 4.20. The molecule has 7 nitrogen and oxygen atoms in total. The molecule has 2 aliphatic heterocycles. The van der Waals surface area contributed by atoms with Gasteiger partial charge in [-0.15, -0.1) is 0 Å². The van der Waals surface area contributed by atoms with Crippen molar-refractivity contribution in [3.05, 3.63) is 0 Å². The number of rotatable bonds is 10. The maximum Gasteiger partial charge on any atom is 0.323 e. The number of hydrogen-bond acceptors (Lipinski definition) is 9. The van der Waals surface area contributed by atoms with Crippen LogP contribution in [0.3, 0.4) is 0 Å². The van der Waals surface area contributed by atoms with Gasteiger partial charge in [0, 0.05) is 26.2 Å². The van der Waals surface area contributed by atoms with Crippen molar-refractivity contribution in [2.75, 3.05) is 64.3 Å². The van der Waals surface area contributed by atoms with Gasteiger partial charge in [0.25, 0.3) is 0 Å². The summed E-state index contributed by atoms with van der Waals surface area (Å²) in [6.07, 6.45) is 9.75. The van der Waals surface area contributed by atoms with Gasteiger partial charge in [0.1, 0.15) is 18.2 Å². The van der Waals surface area contributed by atoms with Crippen molar-refractivity contribution in [1.29, 1.82) is 0 Å². The third-order valence-corrected chi connectivity index (χ3v) is 7.28. The number of piperidine rings is 2. The summed E-state index contributed by atoms with van der Waals surface area (Å²) in [6, 6.07) is -0.452. The van der Waals surface area contributed by atoms with Crippen LogP contribution in [0.2, 0.25) is 0 Å². The summed E-state index contributed by atoms with van der Waals surface area (Å²) in [6.45, 7) is 6.04. The Labute approximate surface area is 203 Å². The molecule has 0 aromatic rings. The molecular weight excluding hydrogens is 446 g/mol. The molecule has 2 N–H and O–H groups in total. The van der Waals surface area contributed by atoms with Crippen molar-refractivity contribution in [2.45, 2.75) is 63.7 Å². The van der Waals surface area contributed by atoms with Crippen molar-refractivity contribution in [3.8, 4) is 0 Å². The Bertz CT molecular complexity index is 479. The van der Waals surface area contributed by atoms with Crippen LogP contribution < -0.4 is 5.73 Å². The molecule has 2 saturated heterocycles. The highest BCUT2D eigenvalue weighted by atomic mass is 32.2. The first-order chi connectivity index (χ1) is 15.3. The van der Waals surface area contributed by atoms with E-state index in [0.29, 0.717) is 6.42 Å². The normalized spacial score (nSPS) is 20.7. The molecule has 188 valence electrons. The molecular formula is C23H45N3O4S2. The molecule has 0 bridgehead atoms. The predicted molar refractivity (Wildman–Crippen MR) is 136 cm³/mol. The van der Waals surface area contributed by atoms with E-state index in [4.69, 9.17) is 15.2 Å². The van der Waals surface area contributed by atoms with E-state index in [1.54, 1.807) is 23.5 Å². The summed E-state index contributed by atoms with van der Waals surface area (Å²) in [4.78, 5) is 27.9. The molecule has 0 radical (unpaired) electrons. The zero-order chi connectivity index (χ0) is 23.9. The highest BCUT2D eigenvalue weighted by Gasteiger charge is 2.24. The lowest BCUT2D eigenvalue weighted by Gasteiger charge is -2.29. The van der Waals surface area contributed by atoms with Gasteiger partial charge in [0.2, 0.25) is 0 Å². The smallest absolute Gasteiger partial charge is 0.323 e.